The molecule has 0 unspecified atom stereocenters. The number of hydrogen-bond donors (Lipinski definition) is 1. The molecule has 4 heteroatoms. The zero-order chi connectivity index (χ0) is 12.8. The van der Waals surface area contributed by atoms with Crippen molar-refractivity contribution >= 4 is 11.8 Å². The lowest BCUT2D eigenvalue weighted by molar-refractivity contribution is 0.154. The number of amides is 1. The number of anilines is 1. The topological polar surface area (TPSA) is 38.3 Å². The maximum Gasteiger partial charge on any atom is 0.411 e. The molecule has 3 nitrogen and oxygen atoms in total. The summed E-state index contributed by atoms with van der Waals surface area (Å²) < 4.78 is 18.2. The first-order valence-electron chi connectivity index (χ1n) is 5.48. The van der Waals surface area contributed by atoms with Gasteiger partial charge in [-0.3, -0.25) is 5.32 Å². The maximum atomic E-state index is 13.3. The highest BCUT2D eigenvalue weighted by Crippen LogP contribution is 2.09. The van der Waals surface area contributed by atoms with Gasteiger partial charge in [0.2, 0.25) is 0 Å². The first-order valence-corrected chi connectivity index (χ1v) is 5.48. The minimum atomic E-state index is -0.607. The van der Waals surface area contributed by atoms with Crippen LogP contribution in [0.4, 0.5) is 14.9 Å². The Balaban J connectivity index is 1.88. The standard InChI is InChI=1S/C14H12FNO2/c15-13-9-5-4-6-11(13)10-18-14(17)16-12-7-2-1-3-8-12/h1-9H,10H2,(H,16,17). The lowest BCUT2D eigenvalue weighted by Crippen LogP contribution is -2.13. The van der Waals surface area contributed by atoms with Gasteiger partial charge in [0.15, 0.2) is 0 Å². The Morgan fingerprint density at radius 1 is 1.06 bits per heavy atom. The molecule has 0 atom stereocenters. The van der Waals surface area contributed by atoms with Crippen LogP contribution < -0.4 is 5.32 Å². The second-order valence-electron chi connectivity index (χ2n) is 3.66. The van der Waals surface area contributed by atoms with Gasteiger partial charge in [0.25, 0.3) is 0 Å². The fourth-order valence-corrected chi connectivity index (χ4v) is 1.43. The molecule has 18 heavy (non-hydrogen) atoms. The van der Waals surface area contributed by atoms with Crippen molar-refractivity contribution in [2.75, 3.05) is 5.32 Å². The van der Waals surface area contributed by atoms with Gasteiger partial charge < -0.3 is 4.74 Å². The van der Waals surface area contributed by atoms with Crippen molar-refractivity contribution in [3.8, 4) is 0 Å². The molecule has 2 aromatic carbocycles. The molecule has 1 N–H and O–H groups in total. The van der Waals surface area contributed by atoms with Crippen LogP contribution in [0.5, 0.6) is 0 Å². The largest absolute Gasteiger partial charge is 0.444 e. The molecular weight excluding hydrogens is 233 g/mol. The lowest BCUT2D eigenvalue weighted by atomic mass is 10.2. The van der Waals surface area contributed by atoms with Gasteiger partial charge in [-0.15, -0.1) is 0 Å². The molecule has 0 aliphatic heterocycles. The second-order valence-corrected chi connectivity index (χ2v) is 3.66. The van der Waals surface area contributed by atoms with Crippen molar-refractivity contribution in [3.05, 3.63) is 66.0 Å². The fourth-order valence-electron chi connectivity index (χ4n) is 1.43. The zero-order valence-corrected chi connectivity index (χ0v) is 9.60. The molecule has 0 saturated carbocycles. The summed E-state index contributed by atoms with van der Waals surface area (Å²) in [5.74, 6) is -0.384. The lowest BCUT2D eigenvalue weighted by Gasteiger charge is -2.07. The molecule has 0 radical (unpaired) electrons. The predicted molar refractivity (Wildman–Crippen MR) is 66.6 cm³/mol. The van der Waals surface area contributed by atoms with Gasteiger partial charge in [-0.1, -0.05) is 36.4 Å². The van der Waals surface area contributed by atoms with Crippen LogP contribution in [0.2, 0.25) is 0 Å². The first-order chi connectivity index (χ1) is 8.75. The highest BCUT2D eigenvalue weighted by atomic mass is 19.1. The summed E-state index contributed by atoms with van der Waals surface area (Å²) in [6, 6.07) is 15.1. The summed E-state index contributed by atoms with van der Waals surface area (Å²) in [5.41, 5.74) is 0.983. The van der Waals surface area contributed by atoms with Crippen LogP contribution in [0.1, 0.15) is 5.56 Å². The molecule has 0 spiro atoms. The zero-order valence-electron chi connectivity index (χ0n) is 9.60. The van der Waals surface area contributed by atoms with Crippen LogP contribution in [-0.4, -0.2) is 6.09 Å². The average molecular weight is 245 g/mol. The van der Waals surface area contributed by atoms with Crippen LogP contribution >= 0.6 is 0 Å². The molecule has 2 aromatic rings. The molecule has 0 bridgehead atoms. The van der Waals surface area contributed by atoms with E-state index in [1.165, 1.54) is 6.07 Å². The Labute approximate surface area is 104 Å². The molecule has 0 heterocycles. The quantitative estimate of drug-likeness (QED) is 0.897. The van der Waals surface area contributed by atoms with E-state index in [0.717, 1.165) is 0 Å². The Hall–Kier alpha value is -2.36. The maximum absolute atomic E-state index is 13.3. The van der Waals surface area contributed by atoms with E-state index in [-0.39, 0.29) is 12.4 Å². The third-order valence-electron chi connectivity index (χ3n) is 2.34. The summed E-state index contributed by atoms with van der Waals surface area (Å²) in [6.07, 6.45) is -0.607. The van der Waals surface area contributed by atoms with E-state index in [9.17, 15) is 9.18 Å². The summed E-state index contributed by atoms with van der Waals surface area (Å²) in [4.78, 5) is 11.4. The Kier molecular flexibility index (Phi) is 3.91. The summed E-state index contributed by atoms with van der Waals surface area (Å²) in [6.45, 7) is -0.0919. The van der Waals surface area contributed by atoms with Gasteiger partial charge >= 0.3 is 6.09 Å². The average Bonchev–Trinajstić information content (AvgIpc) is 2.39. The molecular formula is C14H12FNO2. The van der Waals surface area contributed by atoms with Crippen LogP contribution in [0, 0.1) is 5.82 Å². The van der Waals surface area contributed by atoms with Crippen molar-refractivity contribution < 1.29 is 13.9 Å². The van der Waals surface area contributed by atoms with E-state index in [2.05, 4.69) is 5.32 Å². The molecule has 0 fully saturated rings. The van der Waals surface area contributed by atoms with E-state index in [4.69, 9.17) is 4.74 Å². The van der Waals surface area contributed by atoms with Crippen LogP contribution in [0.3, 0.4) is 0 Å². The number of benzene rings is 2. The Morgan fingerprint density at radius 3 is 2.44 bits per heavy atom. The second kappa shape index (κ2) is 5.82. The number of carbonyl (C=O) groups is 1. The van der Waals surface area contributed by atoms with E-state index in [0.29, 0.717) is 11.3 Å². The van der Waals surface area contributed by atoms with Gasteiger partial charge in [0.05, 0.1) is 0 Å². The molecule has 92 valence electrons. The molecule has 0 aliphatic rings. The van der Waals surface area contributed by atoms with Crippen molar-refractivity contribution in [1.29, 1.82) is 0 Å². The predicted octanol–water partition coefficient (Wildman–Crippen LogP) is 3.57. The van der Waals surface area contributed by atoms with Crippen molar-refractivity contribution in [3.63, 3.8) is 0 Å². The number of nitrogens with one attached hydrogen (secondary N) is 1. The van der Waals surface area contributed by atoms with Crippen LogP contribution in [-0.2, 0) is 11.3 Å². The van der Waals surface area contributed by atoms with Crippen molar-refractivity contribution in [2.45, 2.75) is 6.61 Å². The highest BCUT2D eigenvalue weighted by molar-refractivity contribution is 5.84. The number of rotatable bonds is 3. The van der Waals surface area contributed by atoms with E-state index in [1.54, 1.807) is 42.5 Å². The molecule has 1 amide bonds. The van der Waals surface area contributed by atoms with Gasteiger partial charge in [-0.05, 0) is 18.2 Å². The van der Waals surface area contributed by atoms with E-state index < -0.39 is 6.09 Å². The summed E-state index contributed by atoms with van der Waals surface area (Å²) in [5, 5.41) is 2.55. The number of para-hydroxylation sites is 1. The SMILES string of the molecule is O=C(Nc1ccccc1)OCc1ccccc1F. The number of ether oxygens (including phenoxy) is 1. The van der Waals surface area contributed by atoms with Crippen LogP contribution in [0.15, 0.2) is 54.6 Å². The minimum Gasteiger partial charge on any atom is -0.444 e. The van der Waals surface area contributed by atoms with Gasteiger partial charge in [-0.25, -0.2) is 9.18 Å². The number of hydrogen-bond acceptors (Lipinski definition) is 2. The third-order valence-corrected chi connectivity index (χ3v) is 2.34. The fraction of sp³-hybridized carbons (Fsp3) is 0.0714. The van der Waals surface area contributed by atoms with Crippen LogP contribution in [0.25, 0.3) is 0 Å². The van der Waals surface area contributed by atoms with E-state index >= 15 is 0 Å². The molecule has 0 aliphatic carbocycles. The van der Waals surface area contributed by atoms with Crippen molar-refractivity contribution in [2.24, 2.45) is 0 Å². The summed E-state index contributed by atoms with van der Waals surface area (Å²) in [7, 11) is 0. The number of carbonyl (C=O) groups excluding carboxylic acids is 1. The Morgan fingerprint density at radius 2 is 1.72 bits per heavy atom. The van der Waals surface area contributed by atoms with Gasteiger partial charge in [0.1, 0.15) is 12.4 Å². The first kappa shape index (κ1) is 12.1. The van der Waals surface area contributed by atoms with Gasteiger partial charge in [-0.2, -0.15) is 0 Å². The Bertz CT molecular complexity index is 528. The van der Waals surface area contributed by atoms with E-state index in [1.807, 2.05) is 6.07 Å². The smallest absolute Gasteiger partial charge is 0.411 e. The normalized spacial score (nSPS) is 9.83. The molecule has 2 rings (SSSR count). The number of halogens is 1. The summed E-state index contributed by atoms with van der Waals surface area (Å²) >= 11 is 0. The molecule has 0 aromatic heterocycles. The van der Waals surface area contributed by atoms with Crippen molar-refractivity contribution in [1.82, 2.24) is 0 Å². The molecule has 0 saturated heterocycles. The highest BCUT2D eigenvalue weighted by Gasteiger charge is 2.05. The third kappa shape index (κ3) is 3.31. The minimum absolute atomic E-state index is 0.0919. The monoisotopic (exact) mass is 245 g/mol. The van der Waals surface area contributed by atoms with Gasteiger partial charge in [0, 0.05) is 11.3 Å².